The van der Waals surface area contributed by atoms with Crippen molar-refractivity contribution in [1.82, 2.24) is 4.90 Å². The number of carbonyl (C=O) groups excluding carboxylic acids is 2. The highest BCUT2D eigenvalue weighted by Crippen LogP contribution is 2.31. The topological polar surface area (TPSA) is 65.1 Å². The second-order valence-corrected chi connectivity index (χ2v) is 5.72. The zero-order valence-corrected chi connectivity index (χ0v) is 13.2. The van der Waals surface area contributed by atoms with E-state index in [9.17, 15) is 9.59 Å². The Bertz CT molecular complexity index is 580. The van der Waals surface area contributed by atoms with Crippen molar-refractivity contribution in [2.24, 2.45) is 5.92 Å². The van der Waals surface area contributed by atoms with Gasteiger partial charge in [-0.05, 0) is 31.9 Å². The van der Waals surface area contributed by atoms with Crippen LogP contribution in [0, 0.1) is 5.92 Å². The quantitative estimate of drug-likeness (QED) is 0.792. The summed E-state index contributed by atoms with van der Waals surface area (Å²) in [6.07, 6.45) is 0.646. The number of piperidine rings is 1. The molecule has 2 aliphatic heterocycles. The lowest BCUT2D eigenvalue weighted by atomic mass is 9.96. The molecule has 0 saturated carbocycles. The molecular formula is C17H21NO5. The third-order valence-corrected chi connectivity index (χ3v) is 4.21. The van der Waals surface area contributed by atoms with Crippen LogP contribution in [0.4, 0.5) is 0 Å². The van der Waals surface area contributed by atoms with Crippen molar-refractivity contribution in [1.29, 1.82) is 0 Å². The lowest BCUT2D eigenvalue weighted by Crippen LogP contribution is -2.49. The van der Waals surface area contributed by atoms with Gasteiger partial charge in [0.25, 0.3) is 5.91 Å². The number of hydrogen-bond donors (Lipinski definition) is 0. The second kappa shape index (κ2) is 6.89. The van der Waals surface area contributed by atoms with Gasteiger partial charge >= 0.3 is 5.97 Å². The summed E-state index contributed by atoms with van der Waals surface area (Å²) in [5, 5.41) is 0. The number of carbonyl (C=O) groups is 2. The molecule has 0 spiro atoms. The van der Waals surface area contributed by atoms with Crippen LogP contribution < -0.4 is 9.47 Å². The van der Waals surface area contributed by atoms with Gasteiger partial charge in [-0.3, -0.25) is 9.59 Å². The van der Waals surface area contributed by atoms with Crippen LogP contribution in [0.1, 0.15) is 19.8 Å². The number of nitrogens with zero attached hydrogens (tertiary/aromatic N) is 1. The Balaban J connectivity index is 1.55. The zero-order valence-electron chi connectivity index (χ0n) is 13.2. The van der Waals surface area contributed by atoms with E-state index in [0.29, 0.717) is 44.0 Å². The molecule has 0 aliphatic carbocycles. The summed E-state index contributed by atoms with van der Waals surface area (Å²) in [5.41, 5.74) is 0. The summed E-state index contributed by atoms with van der Waals surface area (Å²) in [7, 11) is 0. The lowest BCUT2D eigenvalue weighted by Gasteiger charge is -2.34. The van der Waals surface area contributed by atoms with Gasteiger partial charge in [0.05, 0.1) is 12.5 Å². The Hall–Kier alpha value is -2.24. The second-order valence-electron chi connectivity index (χ2n) is 5.72. The van der Waals surface area contributed by atoms with Crippen molar-refractivity contribution in [2.45, 2.75) is 25.9 Å². The molecule has 1 aromatic carbocycles. The number of rotatable bonds is 3. The smallest absolute Gasteiger partial charge is 0.309 e. The van der Waals surface area contributed by atoms with Crippen molar-refractivity contribution >= 4 is 11.9 Å². The monoisotopic (exact) mass is 319 g/mol. The maximum absolute atomic E-state index is 12.6. The molecule has 6 heteroatoms. The Morgan fingerprint density at radius 2 is 1.91 bits per heavy atom. The number of hydrogen-bond acceptors (Lipinski definition) is 5. The molecule has 0 radical (unpaired) electrons. The van der Waals surface area contributed by atoms with Gasteiger partial charge in [-0.2, -0.15) is 0 Å². The molecule has 124 valence electrons. The molecule has 23 heavy (non-hydrogen) atoms. The van der Waals surface area contributed by atoms with E-state index < -0.39 is 6.10 Å². The summed E-state index contributed by atoms with van der Waals surface area (Å²) in [4.78, 5) is 26.1. The maximum atomic E-state index is 12.6. The van der Waals surface area contributed by atoms with Gasteiger partial charge in [-0.1, -0.05) is 12.1 Å². The van der Waals surface area contributed by atoms with Gasteiger partial charge < -0.3 is 19.1 Å². The fraction of sp³-hybridized carbons (Fsp3) is 0.529. The van der Waals surface area contributed by atoms with Crippen LogP contribution in [0.3, 0.4) is 0 Å². The molecular weight excluding hydrogens is 298 g/mol. The number of para-hydroxylation sites is 2. The highest BCUT2D eigenvalue weighted by molar-refractivity contribution is 5.82. The summed E-state index contributed by atoms with van der Waals surface area (Å²) in [6.45, 7) is 3.50. The Kier molecular flexibility index (Phi) is 4.69. The number of fused-ring (bicyclic) bond motifs is 1. The van der Waals surface area contributed by atoms with Crippen LogP contribution >= 0.6 is 0 Å². The summed E-state index contributed by atoms with van der Waals surface area (Å²) in [5.74, 6) is 0.909. The third-order valence-electron chi connectivity index (χ3n) is 4.21. The first-order chi connectivity index (χ1) is 11.2. The van der Waals surface area contributed by atoms with E-state index in [4.69, 9.17) is 14.2 Å². The number of amides is 1. The van der Waals surface area contributed by atoms with E-state index >= 15 is 0 Å². The summed E-state index contributed by atoms with van der Waals surface area (Å²) in [6, 6.07) is 7.33. The standard InChI is InChI=1S/C17H21NO5/c1-2-21-17(20)12-7-9-18(10-8-12)16(19)15-11-22-13-5-3-4-6-14(13)23-15/h3-6,12,15H,2,7-11H2,1H3/t15-/m1/s1. The lowest BCUT2D eigenvalue weighted by molar-refractivity contribution is -0.153. The molecule has 6 nitrogen and oxygen atoms in total. The third kappa shape index (κ3) is 3.41. The first-order valence-corrected chi connectivity index (χ1v) is 8.03. The molecule has 0 N–H and O–H groups in total. The van der Waals surface area contributed by atoms with E-state index in [1.54, 1.807) is 17.9 Å². The zero-order chi connectivity index (χ0) is 16.2. The average Bonchev–Trinajstić information content (AvgIpc) is 2.61. The SMILES string of the molecule is CCOC(=O)C1CCN(C(=O)[C@H]2COc3ccccc3O2)CC1. The Morgan fingerprint density at radius 3 is 2.61 bits per heavy atom. The molecule has 0 bridgehead atoms. The Labute approximate surface area is 135 Å². The molecule has 0 aromatic heterocycles. The van der Waals surface area contributed by atoms with Gasteiger partial charge in [0.1, 0.15) is 6.61 Å². The number of ether oxygens (including phenoxy) is 3. The van der Waals surface area contributed by atoms with Crippen molar-refractivity contribution in [3.05, 3.63) is 24.3 Å². The first kappa shape index (κ1) is 15.6. The van der Waals surface area contributed by atoms with Gasteiger partial charge in [-0.15, -0.1) is 0 Å². The normalized spacial score (nSPS) is 20.9. The van der Waals surface area contributed by atoms with Crippen molar-refractivity contribution < 1.29 is 23.8 Å². The predicted molar refractivity (Wildman–Crippen MR) is 82.3 cm³/mol. The molecule has 3 rings (SSSR count). The molecule has 1 aromatic rings. The number of esters is 1. The highest BCUT2D eigenvalue weighted by atomic mass is 16.6. The van der Waals surface area contributed by atoms with Gasteiger partial charge in [-0.25, -0.2) is 0 Å². The average molecular weight is 319 g/mol. The first-order valence-electron chi connectivity index (χ1n) is 8.03. The van der Waals surface area contributed by atoms with Gasteiger partial charge in [0.15, 0.2) is 11.5 Å². The van der Waals surface area contributed by atoms with Crippen LogP contribution in [0.2, 0.25) is 0 Å². The minimum atomic E-state index is -0.621. The van der Waals surface area contributed by atoms with Crippen molar-refractivity contribution in [3.63, 3.8) is 0 Å². The molecule has 2 aliphatic rings. The number of benzene rings is 1. The number of likely N-dealkylation sites (tertiary alicyclic amines) is 1. The minimum absolute atomic E-state index is 0.0817. The van der Waals surface area contributed by atoms with Crippen LogP contribution in [0.5, 0.6) is 11.5 Å². The van der Waals surface area contributed by atoms with Crippen LogP contribution in [0.25, 0.3) is 0 Å². The molecule has 2 heterocycles. The van der Waals surface area contributed by atoms with Crippen molar-refractivity contribution in [3.8, 4) is 11.5 Å². The molecule has 0 unspecified atom stereocenters. The van der Waals surface area contributed by atoms with E-state index in [-0.39, 0.29) is 24.4 Å². The van der Waals surface area contributed by atoms with E-state index in [0.717, 1.165) is 0 Å². The van der Waals surface area contributed by atoms with Crippen LogP contribution in [-0.2, 0) is 14.3 Å². The van der Waals surface area contributed by atoms with Crippen molar-refractivity contribution in [2.75, 3.05) is 26.3 Å². The van der Waals surface area contributed by atoms with Crippen LogP contribution in [-0.4, -0.2) is 49.2 Å². The van der Waals surface area contributed by atoms with E-state index in [2.05, 4.69) is 0 Å². The summed E-state index contributed by atoms with van der Waals surface area (Å²) < 4.78 is 16.4. The largest absolute Gasteiger partial charge is 0.485 e. The predicted octanol–water partition coefficient (Wildman–Crippen LogP) is 1.63. The van der Waals surface area contributed by atoms with E-state index in [1.807, 2.05) is 18.2 Å². The highest BCUT2D eigenvalue weighted by Gasteiger charge is 2.34. The van der Waals surface area contributed by atoms with Gasteiger partial charge in [0, 0.05) is 13.1 Å². The molecule has 1 amide bonds. The fourth-order valence-electron chi connectivity index (χ4n) is 2.94. The molecule has 1 fully saturated rings. The Morgan fingerprint density at radius 1 is 1.22 bits per heavy atom. The maximum Gasteiger partial charge on any atom is 0.309 e. The summed E-state index contributed by atoms with van der Waals surface area (Å²) >= 11 is 0. The van der Waals surface area contributed by atoms with E-state index in [1.165, 1.54) is 0 Å². The molecule has 1 saturated heterocycles. The molecule has 1 atom stereocenters. The fourth-order valence-corrected chi connectivity index (χ4v) is 2.94. The minimum Gasteiger partial charge on any atom is -0.485 e. The van der Waals surface area contributed by atoms with Crippen LogP contribution in [0.15, 0.2) is 24.3 Å². The van der Waals surface area contributed by atoms with Gasteiger partial charge in [0.2, 0.25) is 6.10 Å².